The highest BCUT2D eigenvalue weighted by atomic mass is 35.5. The lowest BCUT2D eigenvalue weighted by Crippen LogP contribution is -2.47. The molecule has 4 heterocycles. The van der Waals surface area contributed by atoms with Crippen molar-refractivity contribution in [3.8, 4) is 16.9 Å². The zero-order valence-electron chi connectivity index (χ0n) is 18.0. The van der Waals surface area contributed by atoms with E-state index in [1.165, 1.54) is 4.68 Å². The fraction of sp³-hybridized carbons (Fsp3) is 0.250. The molecule has 1 aromatic carbocycles. The van der Waals surface area contributed by atoms with Gasteiger partial charge in [0.2, 0.25) is 0 Å². The van der Waals surface area contributed by atoms with Gasteiger partial charge in [0.25, 0.3) is 5.56 Å². The van der Waals surface area contributed by atoms with Crippen molar-refractivity contribution in [3.05, 3.63) is 75.3 Å². The van der Waals surface area contributed by atoms with Crippen molar-refractivity contribution in [3.63, 3.8) is 0 Å². The molecule has 0 amide bonds. The van der Waals surface area contributed by atoms with Crippen LogP contribution in [-0.4, -0.2) is 46.1 Å². The van der Waals surface area contributed by atoms with E-state index in [-0.39, 0.29) is 5.56 Å². The van der Waals surface area contributed by atoms with E-state index in [4.69, 9.17) is 21.4 Å². The van der Waals surface area contributed by atoms with Crippen molar-refractivity contribution in [1.29, 1.82) is 0 Å². The van der Waals surface area contributed by atoms with Gasteiger partial charge in [-0.1, -0.05) is 23.7 Å². The molecule has 3 aromatic heterocycles. The number of benzene rings is 1. The molecule has 32 heavy (non-hydrogen) atoms. The number of anilines is 1. The minimum atomic E-state index is -0.281. The van der Waals surface area contributed by atoms with Crippen molar-refractivity contribution < 1.29 is 4.74 Å². The van der Waals surface area contributed by atoms with E-state index in [1.807, 2.05) is 63.4 Å². The van der Waals surface area contributed by atoms with Gasteiger partial charge in [0.05, 0.1) is 31.1 Å². The summed E-state index contributed by atoms with van der Waals surface area (Å²) in [6, 6.07) is 13.4. The summed E-state index contributed by atoms with van der Waals surface area (Å²) in [5, 5.41) is 6.08. The lowest BCUT2D eigenvalue weighted by Gasteiger charge is -2.35. The summed E-state index contributed by atoms with van der Waals surface area (Å²) in [4.78, 5) is 24.6. The second-order valence-corrected chi connectivity index (χ2v) is 8.47. The Morgan fingerprint density at radius 1 is 1.12 bits per heavy atom. The van der Waals surface area contributed by atoms with Gasteiger partial charge >= 0.3 is 0 Å². The standard InChI is InChI=1S/C24H22ClN5O2/c1-14-10-20-22(16-4-6-17(25)7-5-16)28-30(24(31)23(20)27-15(14)2)18-8-9-21(26-11-18)29(3)19-12-32-13-19/h4-11,19H,12-13H2,1-3H3. The largest absolute Gasteiger partial charge is 0.377 e. The Morgan fingerprint density at radius 2 is 1.88 bits per heavy atom. The van der Waals surface area contributed by atoms with Crippen molar-refractivity contribution in [2.75, 3.05) is 25.2 Å². The molecular weight excluding hydrogens is 426 g/mol. The summed E-state index contributed by atoms with van der Waals surface area (Å²) in [5.74, 6) is 0.818. The van der Waals surface area contributed by atoms with E-state index >= 15 is 0 Å². The van der Waals surface area contributed by atoms with Gasteiger partial charge in [0, 0.05) is 28.7 Å². The minimum absolute atomic E-state index is 0.281. The lowest BCUT2D eigenvalue weighted by molar-refractivity contribution is 0.00988. The average Bonchev–Trinajstić information content (AvgIpc) is 2.75. The van der Waals surface area contributed by atoms with Gasteiger partial charge in [0.15, 0.2) is 0 Å². The number of nitrogens with zero attached hydrogens (tertiary/aromatic N) is 5. The maximum atomic E-state index is 13.4. The minimum Gasteiger partial charge on any atom is -0.377 e. The van der Waals surface area contributed by atoms with E-state index in [9.17, 15) is 4.79 Å². The molecule has 0 spiro atoms. The number of halogens is 1. The quantitative estimate of drug-likeness (QED) is 0.471. The number of aryl methyl sites for hydroxylation is 2. The van der Waals surface area contributed by atoms with Gasteiger partial charge in [-0.25, -0.2) is 9.97 Å². The summed E-state index contributed by atoms with van der Waals surface area (Å²) in [6.45, 7) is 5.27. The first-order valence-electron chi connectivity index (χ1n) is 10.4. The zero-order chi connectivity index (χ0) is 22.4. The Balaban J connectivity index is 1.67. The summed E-state index contributed by atoms with van der Waals surface area (Å²) in [7, 11) is 1.99. The second-order valence-electron chi connectivity index (χ2n) is 8.04. The number of hydrogen-bond acceptors (Lipinski definition) is 6. The molecular formula is C24H22ClN5O2. The van der Waals surface area contributed by atoms with Crippen molar-refractivity contribution in [2.24, 2.45) is 0 Å². The van der Waals surface area contributed by atoms with Gasteiger partial charge in [-0.15, -0.1) is 0 Å². The SMILES string of the molecule is Cc1cc2c(-c3ccc(Cl)cc3)nn(-c3ccc(N(C)C4COC4)nc3)c(=O)c2nc1C. The molecule has 1 saturated heterocycles. The summed E-state index contributed by atoms with van der Waals surface area (Å²) >= 11 is 6.08. The molecule has 1 aliphatic heterocycles. The summed E-state index contributed by atoms with van der Waals surface area (Å²) < 4.78 is 6.64. The Morgan fingerprint density at radius 3 is 2.50 bits per heavy atom. The third-order valence-corrected chi connectivity index (χ3v) is 6.19. The first kappa shape index (κ1) is 20.6. The number of aromatic nitrogens is 4. The lowest BCUT2D eigenvalue weighted by atomic mass is 10.1. The number of likely N-dealkylation sites (N-methyl/N-ethyl adjacent to an activating group) is 1. The second kappa shape index (κ2) is 8.00. The summed E-state index contributed by atoms with van der Waals surface area (Å²) in [5.41, 5.74) is 4.01. The van der Waals surface area contributed by atoms with Crippen molar-refractivity contribution >= 4 is 28.3 Å². The normalized spacial score (nSPS) is 13.9. The van der Waals surface area contributed by atoms with E-state index in [0.29, 0.717) is 46.6 Å². The smallest absolute Gasteiger partial charge is 0.298 e. The number of pyridine rings is 2. The molecule has 1 fully saturated rings. The average molecular weight is 448 g/mol. The van der Waals surface area contributed by atoms with Crippen LogP contribution in [0.5, 0.6) is 0 Å². The highest BCUT2D eigenvalue weighted by Crippen LogP contribution is 2.27. The molecule has 0 radical (unpaired) electrons. The molecule has 0 unspecified atom stereocenters. The van der Waals surface area contributed by atoms with Gasteiger partial charge in [-0.05, 0) is 49.7 Å². The van der Waals surface area contributed by atoms with E-state index in [1.54, 1.807) is 6.20 Å². The molecule has 0 aliphatic carbocycles. The highest BCUT2D eigenvalue weighted by molar-refractivity contribution is 6.30. The Kier molecular flexibility index (Phi) is 5.15. The van der Waals surface area contributed by atoms with E-state index in [2.05, 4.69) is 14.9 Å². The first-order chi connectivity index (χ1) is 15.4. The van der Waals surface area contributed by atoms with Crippen LogP contribution in [0.3, 0.4) is 0 Å². The fourth-order valence-electron chi connectivity index (χ4n) is 3.69. The van der Waals surface area contributed by atoms with Gasteiger partial charge in [-0.3, -0.25) is 4.79 Å². The predicted molar refractivity (Wildman–Crippen MR) is 126 cm³/mol. The van der Waals surface area contributed by atoms with Gasteiger partial charge in [-0.2, -0.15) is 9.78 Å². The van der Waals surface area contributed by atoms with Crippen molar-refractivity contribution in [1.82, 2.24) is 19.7 Å². The first-order valence-corrected chi connectivity index (χ1v) is 10.7. The Labute approximate surface area is 190 Å². The van der Waals surface area contributed by atoms with Crippen LogP contribution in [0.15, 0.2) is 53.5 Å². The third kappa shape index (κ3) is 3.53. The van der Waals surface area contributed by atoms with Gasteiger partial charge < -0.3 is 9.64 Å². The van der Waals surface area contributed by atoms with Gasteiger partial charge in [0.1, 0.15) is 17.0 Å². The maximum absolute atomic E-state index is 13.4. The fourth-order valence-corrected chi connectivity index (χ4v) is 3.82. The molecule has 0 bridgehead atoms. The number of rotatable bonds is 4. The molecule has 0 saturated carbocycles. The number of hydrogen-bond donors (Lipinski definition) is 0. The molecule has 1 aliphatic rings. The van der Waals surface area contributed by atoms with Crippen LogP contribution < -0.4 is 10.5 Å². The Hall–Kier alpha value is -3.29. The highest BCUT2D eigenvalue weighted by Gasteiger charge is 2.24. The van der Waals surface area contributed by atoms with Crippen LogP contribution in [0, 0.1) is 13.8 Å². The van der Waals surface area contributed by atoms with Crippen LogP contribution in [0.2, 0.25) is 5.02 Å². The Bertz CT molecular complexity index is 1360. The monoisotopic (exact) mass is 447 g/mol. The number of fused-ring (bicyclic) bond motifs is 1. The zero-order valence-corrected chi connectivity index (χ0v) is 18.8. The predicted octanol–water partition coefficient (Wildman–Crippen LogP) is 3.95. The molecule has 5 rings (SSSR count). The molecule has 7 nitrogen and oxygen atoms in total. The molecule has 4 aromatic rings. The maximum Gasteiger partial charge on any atom is 0.298 e. The van der Waals surface area contributed by atoms with E-state index in [0.717, 1.165) is 22.6 Å². The third-order valence-electron chi connectivity index (χ3n) is 5.94. The molecule has 0 N–H and O–H groups in total. The molecule has 8 heteroatoms. The van der Waals surface area contributed by atoms with Crippen LogP contribution in [0.1, 0.15) is 11.3 Å². The van der Waals surface area contributed by atoms with Crippen LogP contribution in [-0.2, 0) is 4.74 Å². The summed E-state index contributed by atoms with van der Waals surface area (Å²) in [6.07, 6.45) is 1.66. The molecule has 0 atom stereocenters. The van der Waals surface area contributed by atoms with E-state index < -0.39 is 0 Å². The van der Waals surface area contributed by atoms with Crippen molar-refractivity contribution in [2.45, 2.75) is 19.9 Å². The van der Waals surface area contributed by atoms with Crippen LogP contribution >= 0.6 is 11.6 Å². The topological polar surface area (TPSA) is 73.1 Å². The molecule has 162 valence electrons. The van der Waals surface area contributed by atoms with Crippen LogP contribution in [0.25, 0.3) is 27.8 Å². The number of ether oxygens (including phenoxy) is 1. The van der Waals surface area contributed by atoms with Crippen LogP contribution in [0.4, 0.5) is 5.82 Å².